The Morgan fingerprint density at radius 3 is 2.78 bits per heavy atom. The number of hydrogen-bond acceptors (Lipinski definition) is 2. The van der Waals surface area contributed by atoms with Crippen molar-refractivity contribution in [2.24, 2.45) is 0 Å². The number of ether oxygens (including phenoxy) is 2. The van der Waals surface area contributed by atoms with Crippen LogP contribution < -0.4 is 4.74 Å². The van der Waals surface area contributed by atoms with Gasteiger partial charge in [-0.2, -0.15) is 0 Å². The summed E-state index contributed by atoms with van der Waals surface area (Å²) in [5.41, 5.74) is 0.953. The third-order valence-corrected chi connectivity index (χ3v) is 3.27. The van der Waals surface area contributed by atoms with Gasteiger partial charge in [0.15, 0.2) is 0 Å². The monoisotopic (exact) mass is 252 g/mol. The van der Waals surface area contributed by atoms with Crippen molar-refractivity contribution in [2.45, 2.75) is 51.7 Å². The summed E-state index contributed by atoms with van der Waals surface area (Å²) in [4.78, 5) is 0. The maximum atomic E-state index is 13.3. The van der Waals surface area contributed by atoms with Crippen LogP contribution >= 0.6 is 0 Å². The molecule has 0 aliphatic carbocycles. The predicted octanol–water partition coefficient (Wildman–Crippen LogP) is 3.72. The zero-order valence-electron chi connectivity index (χ0n) is 11.1. The lowest BCUT2D eigenvalue weighted by Crippen LogP contribution is -2.02. The predicted molar refractivity (Wildman–Crippen MR) is 69.5 cm³/mol. The molecule has 100 valence electrons. The quantitative estimate of drug-likeness (QED) is 0.690. The summed E-state index contributed by atoms with van der Waals surface area (Å²) < 4.78 is 24.4. The maximum absolute atomic E-state index is 13.3. The maximum Gasteiger partial charge on any atom is 0.123 e. The molecule has 0 N–H and O–H groups in total. The van der Waals surface area contributed by atoms with E-state index in [-0.39, 0.29) is 5.82 Å². The molecular weight excluding hydrogens is 231 g/mol. The van der Waals surface area contributed by atoms with Gasteiger partial charge in [-0.15, -0.1) is 0 Å². The van der Waals surface area contributed by atoms with Crippen molar-refractivity contribution < 1.29 is 13.9 Å². The average molecular weight is 252 g/mol. The van der Waals surface area contributed by atoms with Crippen molar-refractivity contribution in [1.29, 1.82) is 0 Å². The molecule has 0 radical (unpaired) electrons. The lowest BCUT2D eigenvalue weighted by Gasteiger charge is -2.10. The molecule has 2 atom stereocenters. The smallest absolute Gasteiger partial charge is 0.123 e. The van der Waals surface area contributed by atoms with E-state index in [0.717, 1.165) is 37.0 Å². The van der Waals surface area contributed by atoms with Gasteiger partial charge in [0.05, 0.1) is 18.8 Å². The Bertz CT molecular complexity index is 392. The molecule has 0 saturated carbocycles. The molecule has 0 aromatic heterocycles. The third-order valence-electron chi connectivity index (χ3n) is 3.27. The SMILES string of the molecule is CCCOc1ccc(F)cc1CCC1OC1CC. The summed E-state index contributed by atoms with van der Waals surface area (Å²) in [7, 11) is 0. The van der Waals surface area contributed by atoms with E-state index in [9.17, 15) is 4.39 Å². The molecule has 18 heavy (non-hydrogen) atoms. The largest absolute Gasteiger partial charge is 0.493 e. The van der Waals surface area contributed by atoms with Gasteiger partial charge in [-0.25, -0.2) is 4.39 Å². The molecule has 0 amide bonds. The molecule has 1 heterocycles. The van der Waals surface area contributed by atoms with Crippen molar-refractivity contribution in [1.82, 2.24) is 0 Å². The molecule has 0 bridgehead atoms. The summed E-state index contributed by atoms with van der Waals surface area (Å²) >= 11 is 0. The minimum Gasteiger partial charge on any atom is -0.493 e. The average Bonchev–Trinajstić information content (AvgIpc) is 3.14. The molecule has 1 saturated heterocycles. The van der Waals surface area contributed by atoms with Gasteiger partial charge in [0.1, 0.15) is 11.6 Å². The standard InChI is InChI=1S/C15H21FO2/c1-3-9-17-14-8-6-12(16)10-11(14)5-7-15-13(4-2)18-15/h6,8,10,13,15H,3-5,7,9H2,1-2H3. The van der Waals surface area contributed by atoms with E-state index < -0.39 is 0 Å². The van der Waals surface area contributed by atoms with Gasteiger partial charge < -0.3 is 9.47 Å². The van der Waals surface area contributed by atoms with Crippen LogP contribution in [0.2, 0.25) is 0 Å². The molecule has 1 aromatic carbocycles. The Labute approximate surface area is 108 Å². The molecule has 3 heteroatoms. The van der Waals surface area contributed by atoms with Crippen molar-refractivity contribution in [3.05, 3.63) is 29.6 Å². The zero-order chi connectivity index (χ0) is 13.0. The summed E-state index contributed by atoms with van der Waals surface area (Å²) in [5.74, 6) is 0.615. The fraction of sp³-hybridized carbons (Fsp3) is 0.600. The van der Waals surface area contributed by atoms with Gasteiger partial charge in [0, 0.05) is 0 Å². The first-order valence-electron chi connectivity index (χ1n) is 6.81. The van der Waals surface area contributed by atoms with Crippen LogP contribution in [0.25, 0.3) is 0 Å². The van der Waals surface area contributed by atoms with Gasteiger partial charge in [0.2, 0.25) is 0 Å². The fourth-order valence-corrected chi connectivity index (χ4v) is 2.19. The first-order chi connectivity index (χ1) is 8.74. The van der Waals surface area contributed by atoms with Gasteiger partial charge in [-0.3, -0.25) is 0 Å². The Morgan fingerprint density at radius 2 is 2.11 bits per heavy atom. The van der Waals surface area contributed by atoms with Crippen LogP contribution in [0, 0.1) is 5.82 Å². The fourth-order valence-electron chi connectivity index (χ4n) is 2.19. The first kappa shape index (κ1) is 13.3. The highest BCUT2D eigenvalue weighted by atomic mass is 19.1. The minimum atomic E-state index is -0.197. The summed E-state index contributed by atoms with van der Waals surface area (Å²) in [6, 6.07) is 4.76. The topological polar surface area (TPSA) is 21.8 Å². The van der Waals surface area contributed by atoms with Gasteiger partial charge in [-0.05, 0) is 49.4 Å². The number of hydrogen-bond donors (Lipinski definition) is 0. The summed E-state index contributed by atoms with van der Waals surface area (Å²) in [6.45, 7) is 4.87. The van der Waals surface area contributed by atoms with Crippen molar-refractivity contribution in [3.63, 3.8) is 0 Å². The van der Waals surface area contributed by atoms with Crippen LogP contribution in [0.15, 0.2) is 18.2 Å². The molecule has 1 aliphatic rings. The van der Waals surface area contributed by atoms with Crippen LogP contribution in [-0.4, -0.2) is 18.8 Å². The zero-order valence-corrected chi connectivity index (χ0v) is 11.1. The molecule has 2 nitrogen and oxygen atoms in total. The first-order valence-corrected chi connectivity index (χ1v) is 6.81. The molecule has 1 fully saturated rings. The van der Waals surface area contributed by atoms with E-state index in [0.29, 0.717) is 18.8 Å². The van der Waals surface area contributed by atoms with Gasteiger partial charge in [-0.1, -0.05) is 13.8 Å². The second-order valence-corrected chi connectivity index (χ2v) is 4.76. The van der Waals surface area contributed by atoms with E-state index >= 15 is 0 Å². The van der Waals surface area contributed by atoms with E-state index in [1.807, 2.05) is 0 Å². The van der Waals surface area contributed by atoms with E-state index in [4.69, 9.17) is 9.47 Å². The molecular formula is C15H21FO2. The Hall–Kier alpha value is -1.09. The van der Waals surface area contributed by atoms with E-state index in [1.54, 1.807) is 12.1 Å². The van der Waals surface area contributed by atoms with Gasteiger partial charge >= 0.3 is 0 Å². The number of epoxide rings is 1. The van der Waals surface area contributed by atoms with Crippen LogP contribution in [0.3, 0.4) is 0 Å². The number of benzene rings is 1. The van der Waals surface area contributed by atoms with Crippen LogP contribution in [0.5, 0.6) is 5.75 Å². The third kappa shape index (κ3) is 3.45. The number of halogens is 1. The van der Waals surface area contributed by atoms with E-state index in [1.165, 1.54) is 6.07 Å². The molecule has 0 spiro atoms. The second kappa shape index (κ2) is 6.19. The number of aryl methyl sites for hydroxylation is 1. The summed E-state index contributed by atoms with van der Waals surface area (Å²) in [6.07, 6.45) is 4.56. The van der Waals surface area contributed by atoms with Gasteiger partial charge in [0.25, 0.3) is 0 Å². The highest BCUT2D eigenvalue weighted by molar-refractivity contribution is 5.34. The van der Waals surface area contributed by atoms with Crippen LogP contribution in [0.4, 0.5) is 4.39 Å². The van der Waals surface area contributed by atoms with E-state index in [2.05, 4.69) is 13.8 Å². The molecule has 1 aromatic rings. The molecule has 1 aliphatic heterocycles. The lowest BCUT2D eigenvalue weighted by molar-refractivity contribution is 0.312. The molecule has 2 rings (SSSR count). The highest BCUT2D eigenvalue weighted by Crippen LogP contribution is 2.31. The second-order valence-electron chi connectivity index (χ2n) is 4.76. The Balaban J connectivity index is 1.94. The van der Waals surface area contributed by atoms with Crippen LogP contribution in [0.1, 0.15) is 38.7 Å². The lowest BCUT2D eigenvalue weighted by atomic mass is 10.1. The highest BCUT2D eigenvalue weighted by Gasteiger charge is 2.36. The Morgan fingerprint density at radius 1 is 1.28 bits per heavy atom. The van der Waals surface area contributed by atoms with Crippen molar-refractivity contribution >= 4 is 0 Å². The normalized spacial score (nSPS) is 21.9. The molecule has 2 unspecified atom stereocenters. The van der Waals surface area contributed by atoms with Crippen molar-refractivity contribution in [3.8, 4) is 5.75 Å². The Kier molecular flexibility index (Phi) is 4.59. The number of rotatable bonds is 7. The van der Waals surface area contributed by atoms with Crippen LogP contribution in [-0.2, 0) is 11.2 Å². The summed E-state index contributed by atoms with van der Waals surface area (Å²) in [5, 5.41) is 0. The minimum absolute atomic E-state index is 0.197. The van der Waals surface area contributed by atoms with Crippen molar-refractivity contribution in [2.75, 3.05) is 6.61 Å².